The minimum Gasteiger partial charge on any atom is -0.480 e. The number of aromatic nitrogens is 2. The van der Waals surface area contributed by atoms with E-state index >= 15 is 0 Å². The highest BCUT2D eigenvalue weighted by molar-refractivity contribution is 5.83. The minimum absolute atomic E-state index is 0.0349. The molecule has 1 fully saturated rings. The maximum atomic E-state index is 11.9. The number of carbonyl (C=O) groups excluding carboxylic acids is 1. The molecule has 0 radical (unpaired) electrons. The van der Waals surface area contributed by atoms with Gasteiger partial charge in [-0.1, -0.05) is 0 Å². The second-order valence-corrected chi connectivity index (χ2v) is 4.57. The van der Waals surface area contributed by atoms with E-state index in [0.717, 1.165) is 16.2 Å². The summed E-state index contributed by atoms with van der Waals surface area (Å²) >= 11 is 0. The first-order valence-electron chi connectivity index (χ1n) is 5.93. The van der Waals surface area contributed by atoms with Gasteiger partial charge in [-0.25, -0.2) is 9.59 Å². The number of carboxylic acids is 1. The number of likely N-dealkylation sites (tertiary alicyclic amines) is 1. The number of carbonyl (C=O) groups is 2. The minimum atomic E-state index is -1.11. The molecule has 0 saturated carbocycles. The number of H-pyrrole nitrogens is 1. The van der Waals surface area contributed by atoms with Gasteiger partial charge in [0.15, 0.2) is 0 Å². The maximum Gasteiger partial charge on any atom is 0.326 e. The summed E-state index contributed by atoms with van der Waals surface area (Å²) in [7, 11) is 0. The number of nitrogens with zero attached hydrogens (tertiary/aromatic N) is 2. The molecule has 0 bridgehead atoms. The van der Waals surface area contributed by atoms with Crippen molar-refractivity contribution in [3.05, 3.63) is 17.5 Å². The number of β-amino-alcohol motifs (C(OH)–C–C–N with tert-alkyl or cyclic N) is 1. The molecule has 1 saturated heterocycles. The van der Waals surface area contributed by atoms with Gasteiger partial charge in [0.05, 0.1) is 12.3 Å². The number of aliphatic carboxylic acids is 1. The van der Waals surface area contributed by atoms with Gasteiger partial charge in [0.1, 0.15) is 6.04 Å². The Bertz CT molecular complexity index is 487. The highest BCUT2D eigenvalue weighted by atomic mass is 16.4. The predicted molar refractivity (Wildman–Crippen MR) is 64.3 cm³/mol. The molecule has 0 spiro atoms. The van der Waals surface area contributed by atoms with Crippen LogP contribution in [-0.4, -0.2) is 56.0 Å². The van der Waals surface area contributed by atoms with E-state index in [-0.39, 0.29) is 19.5 Å². The molecular formula is C11H16N4O4. The fourth-order valence-corrected chi connectivity index (χ4v) is 2.10. The van der Waals surface area contributed by atoms with Crippen molar-refractivity contribution in [3.63, 3.8) is 0 Å². The second kappa shape index (κ2) is 5.27. The predicted octanol–water partition coefficient (Wildman–Crippen LogP) is -0.552. The number of hydrogen-bond donors (Lipinski definition) is 4. The van der Waals surface area contributed by atoms with E-state index in [9.17, 15) is 14.7 Å². The molecule has 0 aliphatic carbocycles. The summed E-state index contributed by atoms with van der Waals surface area (Å²) in [6, 6.07) is -1.47. The Balaban J connectivity index is 1.96. The van der Waals surface area contributed by atoms with E-state index in [1.165, 1.54) is 0 Å². The Labute approximate surface area is 109 Å². The lowest BCUT2D eigenvalue weighted by Crippen LogP contribution is -2.45. The van der Waals surface area contributed by atoms with Crippen LogP contribution in [0.2, 0.25) is 0 Å². The molecule has 2 atom stereocenters. The van der Waals surface area contributed by atoms with Gasteiger partial charge < -0.3 is 20.4 Å². The lowest BCUT2D eigenvalue weighted by Gasteiger charge is -2.21. The average molecular weight is 268 g/mol. The van der Waals surface area contributed by atoms with Crippen LogP contribution in [0.1, 0.15) is 17.7 Å². The summed E-state index contributed by atoms with van der Waals surface area (Å²) in [5.41, 5.74) is 1.68. The monoisotopic (exact) mass is 268 g/mol. The van der Waals surface area contributed by atoms with Crippen LogP contribution in [0.5, 0.6) is 0 Å². The maximum absolute atomic E-state index is 11.9. The van der Waals surface area contributed by atoms with Crippen molar-refractivity contribution < 1.29 is 19.8 Å². The van der Waals surface area contributed by atoms with Crippen molar-refractivity contribution in [1.29, 1.82) is 0 Å². The number of nitrogens with one attached hydrogen (secondary N) is 2. The number of carboxylic acid groups (broad SMARTS) is 1. The number of aliphatic hydroxyl groups excluding tert-OH is 1. The highest BCUT2D eigenvalue weighted by Gasteiger charge is 2.38. The largest absolute Gasteiger partial charge is 0.480 e. The Hall–Kier alpha value is -2.09. The molecule has 2 rings (SSSR count). The molecule has 8 heteroatoms. The summed E-state index contributed by atoms with van der Waals surface area (Å²) < 4.78 is 0. The molecule has 0 unspecified atom stereocenters. The van der Waals surface area contributed by atoms with Gasteiger partial charge in [0.25, 0.3) is 0 Å². The van der Waals surface area contributed by atoms with Gasteiger partial charge in [0.2, 0.25) is 0 Å². The molecule has 0 aromatic carbocycles. The van der Waals surface area contributed by atoms with Gasteiger partial charge in [0, 0.05) is 30.8 Å². The molecule has 2 heterocycles. The van der Waals surface area contributed by atoms with Crippen molar-refractivity contribution in [2.45, 2.75) is 32.0 Å². The van der Waals surface area contributed by atoms with Gasteiger partial charge >= 0.3 is 12.0 Å². The fraction of sp³-hybridized carbons (Fsp3) is 0.545. The van der Waals surface area contributed by atoms with Crippen LogP contribution in [0.3, 0.4) is 0 Å². The summed E-state index contributed by atoms with van der Waals surface area (Å²) in [5, 5.41) is 27.7. The van der Waals surface area contributed by atoms with Crippen LogP contribution in [0.15, 0.2) is 6.20 Å². The zero-order valence-corrected chi connectivity index (χ0v) is 10.5. The van der Waals surface area contributed by atoms with E-state index < -0.39 is 24.1 Å². The van der Waals surface area contributed by atoms with E-state index in [4.69, 9.17) is 5.11 Å². The van der Waals surface area contributed by atoms with E-state index in [1.54, 1.807) is 6.20 Å². The standard InChI is InChI=1S/C11H16N4O4/c1-6-7(4-13-14-6)3-12-11(19)15-5-8(16)2-9(15)10(17)18/h4,8-9,16H,2-3,5H2,1H3,(H,12,19)(H,13,14)(H,17,18)/t8-,9-/m1/s1. The van der Waals surface area contributed by atoms with Crippen LogP contribution in [-0.2, 0) is 11.3 Å². The van der Waals surface area contributed by atoms with Crippen LogP contribution in [0.4, 0.5) is 4.79 Å². The van der Waals surface area contributed by atoms with Crippen molar-refractivity contribution in [2.75, 3.05) is 6.54 Å². The summed E-state index contributed by atoms with van der Waals surface area (Å²) in [4.78, 5) is 24.1. The third-order valence-corrected chi connectivity index (χ3v) is 3.19. The molecule has 2 amide bonds. The molecule has 19 heavy (non-hydrogen) atoms. The quantitative estimate of drug-likeness (QED) is 0.586. The van der Waals surface area contributed by atoms with Crippen LogP contribution < -0.4 is 5.32 Å². The number of aliphatic hydroxyl groups is 1. The second-order valence-electron chi connectivity index (χ2n) is 4.57. The van der Waals surface area contributed by atoms with E-state index in [1.807, 2.05) is 6.92 Å². The van der Waals surface area contributed by atoms with Gasteiger partial charge in [-0.15, -0.1) is 0 Å². The number of hydrogen-bond acceptors (Lipinski definition) is 4. The zero-order valence-electron chi connectivity index (χ0n) is 10.5. The van der Waals surface area contributed by atoms with E-state index in [0.29, 0.717) is 0 Å². The first kappa shape index (κ1) is 13.3. The van der Waals surface area contributed by atoms with Crippen molar-refractivity contribution in [2.24, 2.45) is 0 Å². The number of aromatic amines is 1. The highest BCUT2D eigenvalue weighted by Crippen LogP contribution is 2.18. The Morgan fingerprint density at radius 3 is 2.95 bits per heavy atom. The molecule has 4 N–H and O–H groups in total. The van der Waals surface area contributed by atoms with Crippen molar-refractivity contribution in [3.8, 4) is 0 Å². The SMILES string of the molecule is Cc1[nH]ncc1CNC(=O)N1C[C@H](O)C[C@@H]1C(=O)O. The third kappa shape index (κ3) is 2.84. The fourth-order valence-electron chi connectivity index (χ4n) is 2.10. The average Bonchev–Trinajstić information content (AvgIpc) is 2.92. The van der Waals surface area contributed by atoms with Crippen LogP contribution in [0.25, 0.3) is 0 Å². The summed E-state index contributed by atoms with van der Waals surface area (Å²) in [6.07, 6.45) is 0.874. The Kier molecular flexibility index (Phi) is 3.70. The summed E-state index contributed by atoms with van der Waals surface area (Å²) in [5.74, 6) is -1.11. The van der Waals surface area contributed by atoms with Gasteiger partial charge in [-0.3, -0.25) is 5.10 Å². The topological polar surface area (TPSA) is 119 Å². The smallest absolute Gasteiger partial charge is 0.326 e. The van der Waals surface area contributed by atoms with Crippen LogP contribution >= 0.6 is 0 Å². The van der Waals surface area contributed by atoms with E-state index in [2.05, 4.69) is 15.5 Å². The van der Waals surface area contributed by atoms with Crippen molar-refractivity contribution >= 4 is 12.0 Å². The zero-order chi connectivity index (χ0) is 14.0. The molecule has 1 aromatic heterocycles. The molecule has 1 aliphatic rings. The Morgan fingerprint density at radius 2 is 2.37 bits per heavy atom. The molecule has 1 aliphatic heterocycles. The number of urea groups is 1. The molecule has 1 aromatic rings. The van der Waals surface area contributed by atoms with Crippen molar-refractivity contribution in [1.82, 2.24) is 20.4 Å². The number of amides is 2. The first-order valence-corrected chi connectivity index (χ1v) is 5.93. The summed E-state index contributed by atoms with van der Waals surface area (Å²) in [6.45, 7) is 2.13. The lowest BCUT2D eigenvalue weighted by molar-refractivity contribution is -0.141. The molecular weight excluding hydrogens is 252 g/mol. The third-order valence-electron chi connectivity index (χ3n) is 3.19. The Morgan fingerprint density at radius 1 is 1.63 bits per heavy atom. The normalized spacial score (nSPS) is 22.5. The number of rotatable bonds is 3. The molecule has 8 nitrogen and oxygen atoms in total. The number of aryl methyl sites for hydroxylation is 1. The van der Waals surface area contributed by atoms with Crippen LogP contribution in [0, 0.1) is 6.92 Å². The lowest BCUT2D eigenvalue weighted by atomic mass is 10.2. The molecule has 104 valence electrons. The first-order chi connectivity index (χ1) is 8.99. The van der Waals surface area contributed by atoms with Gasteiger partial charge in [-0.2, -0.15) is 5.10 Å². The van der Waals surface area contributed by atoms with Gasteiger partial charge in [-0.05, 0) is 6.92 Å².